The molecule has 0 saturated heterocycles. The molecule has 0 atom stereocenters. The molecule has 0 fully saturated rings. The zero-order valence-electron chi connectivity index (χ0n) is 12.7. The number of benzene rings is 1. The normalized spacial score (nSPS) is 13.4. The predicted octanol–water partition coefficient (Wildman–Crippen LogP) is 3.25. The molecule has 0 saturated carbocycles. The maximum absolute atomic E-state index is 6.00. The van der Waals surface area contributed by atoms with Crippen molar-refractivity contribution >= 4 is 8.56 Å². The Morgan fingerprint density at radius 3 is 2.59 bits per heavy atom. The molecule has 1 aliphatic heterocycles. The van der Waals surface area contributed by atoms with Gasteiger partial charge in [-0.05, 0) is 42.4 Å². The molecule has 5 nitrogen and oxygen atoms in total. The maximum atomic E-state index is 6.00. The molecule has 116 valence electrons. The van der Waals surface area contributed by atoms with Crippen LogP contribution < -0.4 is 9.47 Å². The number of aromatic nitrogens is 1. The van der Waals surface area contributed by atoms with Crippen molar-refractivity contribution in [2.75, 3.05) is 6.79 Å². The monoisotopic (exact) mass is 317 g/mol. The Kier molecular flexibility index (Phi) is 4.42. The zero-order valence-corrected chi connectivity index (χ0v) is 13.7. The summed E-state index contributed by atoms with van der Waals surface area (Å²) in [5, 5.41) is 0. The summed E-state index contributed by atoms with van der Waals surface area (Å²) in [7, 11) is -2.19. The van der Waals surface area contributed by atoms with Crippen LogP contribution >= 0.6 is 0 Å². The molecular weight excluding hydrogens is 298 g/mol. The number of hydrogen-bond acceptors (Lipinski definition) is 5. The van der Waals surface area contributed by atoms with Crippen LogP contribution in [0.3, 0.4) is 0 Å². The molecule has 3 rings (SSSR count). The van der Waals surface area contributed by atoms with Gasteiger partial charge in [0.25, 0.3) is 0 Å². The van der Waals surface area contributed by atoms with Crippen molar-refractivity contribution in [3.8, 4) is 11.5 Å². The van der Waals surface area contributed by atoms with Crippen molar-refractivity contribution in [2.45, 2.75) is 26.3 Å². The molecule has 0 spiro atoms. The average Bonchev–Trinajstić information content (AvgIpc) is 3.00. The third kappa shape index (κ3) is 3.85. The van der Waals surface area contributed by atoms with Crippen LogP contribution in [0.15, 0.2) is 42.7 Å². The summed E-state index contributed by atoms with van der Waals surface area (Å²) < 4.78 is 22.6. The van der Waals surface area contributed by atoms with Crippen LogP contribution in [0.25, 0.3) is 0 Å². The van der Waals surface area contributed by atoms with Gasteiger partial charge >= 0.3 is 8.56 Å². The Balaban J connectivity index is 1.53. The highest BCUT2D eigenvalue weighted by Crippen LogP contribution is 2.32. The highest BCUT2D eigenvalue weighted by molar-refractivity contribution is 6.64. The number of nitrogens with zero attached hydrogens (tertiary/aromatic N) is 1. The molecule has 2 heterocycles. The van der Waals surface area contributed by atoms with Crippen LogP contribution in [0.4, 0.5) is 0 Å². The molecule has 0 radical (unpaired) electrons. The lowest BCUT2D eigenvalue weighted by Gasteiger charge is -2.23. The van der Waals surface area contributed by atoms with E-state index < -0.39 is 8.56 Å². The first-order valence-corrected chi connectivity index (χ1v) is 9.99. The third-order valence-electron chi connectivity index (χ3n) is 3.33. The van der Waals surface area contributed by atoms with Crippen molar-refractivity contribution < 1.29 is 18.3 Å². The van der Waals surface area contributed by atoms with Crippen LogP contribution in [0, 0.1) is 0 Å². The topological polar surface area (TPSA) is 49.8 Å². The van der Waals surface area contributed by atoms with Gasteiger partial charge in [0.1, 0.15) is 0 Å². The molecule has 1 aromatic carbocycles. The summed E-state index contributed by atoms with van der Waals surface area (Å²) in [6, 6.07) is 9.75. The van der Waals surface area contributed by atoms with Gasteiger partial charge in [-0.3, -0.25) is 4.98 Å². The van der Waals surface area contributed by atoms with Gasteiger partial charge in [0, 0.05) is 12.4 Å². The molecule has 0 aliphatic carbocycles. The minimum absolute atomic E-state index is 0.286. The van der Waals surface area contributed by atoms with Crippen LogP contribution in [-0.4, -0.2) is 20.3 Å². The van der Waals surface area contributed by atoms with Crippen molar-refractivity contribution in [1.82, 2.24) is 4.98 Å². The largest absolute Gasteiger partial charge is 0.454 e. The van der Waals surface area contributed by atoms with Crippen LogP contribution in [0.1, 0.15) is 11.1 Å². The smallest absolute Gasteiger partial charge is 0.332 e. The zero-order chi connectivity index (χ0) is 15.4. The molecule has 22 heavy (non-hydrogen) atoms. The van der Waals surface area contributed by atoms with Crippen LogP contribution in [0.5, 0.6) is 11.5 Å². The first-order valence-electron chi connectivity index (χ1n) is 7.18. The third-order valence-corrected chi connectivity index (χ3v) is 5.01. The predicted molar refractivity (Wildman–Crippen MR) is 83.9 cm³/mol. The van der Waals surface area contributed by atoms with E-state index in [0.29, 0.717) is 13.2 Å². The standard InChI is InChI=1S/C16H19NO4Si/c1-22(2,21-11-14-4-3-7-17-9-14)20-10-13-5-6-15-16(8-13)19-12-18-15/h3-9H,10-12H2,1-2H3. The molecule has 6 heteroatoms. The fourth-order valence-electron chi connectivity index (χ4n) is 2.07. The summed E-state index contributed by atoms with van der Waals surface area (Å²) in [4.78, 5) is 4.08. The molecule has 0 N–H and O–H groups in total. The fraction of sp³-hybridized carbons (Fsp3) is 0.312. The molecule has 1 aliphatic rings. The van der Waals surface area contributed by atoms with E-state index in [1.165, 1.54) is 0 Å². The van der Waals surface area contributed by atoms with Gasteiger partial charge in [0.05, 0.1) is 13.2 Å². The number of ether oxygens (including phenoxy) is 2. The van der Waals surface area contributed by atoms with E-state index in [4.69, 9.17) is 18.3 Å². The summed E-state index contributed by atoms with van der Waals surface area (Å²) in [6.45, 7) is 5.39. The summed E-state index contributed by atoms with van der Waals surface area (Å²) >= 11 is 0. The van der Waals surface area contributed by atoms with Gasteiger partial charge in [-0.1, -0.05) is 12.1 Å². The van der Waals surface area contributed by atoms with E-state index in [-0.39, 0.29) is 6.79 Å². The Hall–Kier alpha value is -1.89. The van der Waals surface area contributed by atoms with Crippen LogP contribution in [-0.2, 0) is 22.1 Å². The second kappa shape index (κ2) is 6.47. The number of fused-ring (bicyclic) bond motifs is 1. The summed E-state index contributed by atoms with van der Waals surface area (Å²) in [5.41, 5.74) is 2.10. The summed E-state index contributed by atoms with van der Waals surface area (Å²) in [5.74, 6) is 1.56. The molecule has 1 aromatic heterocycles. The van der Waals surface area contributed by atoms with Crippen molar-refractivity contribution in [2.24, 2.45) is 0 Å². The Morgan fingerprint density at radius 1 is 1.05 bits per heavy atom. The van der Waals surface area contributed by atoms with Crippen molar-refractivity contribution in [3.05, 3.63) is 53.9 Å². The van der Waals surface area contributed by atoms with Crippen molar-refractivity contribution in [3.63, 3.8) is 0 Å². The Labute approximate surface area is 131 Å². The summed E-state index contributed by atoms with van der Waals surface area (Å²) in [6.07, 6.45) is 3.56. The first kappa shape index (κ1) is 15.0. The van der Waals surface area contributed by atoms with Gasteiger partial charge in [-0.25, -0.2) is 0 Å². The molecule has 0 unspecified atom stereocenters. The Bertz CT molecular complexity index is 633. The lowest BCUT2D eigenvalue weighted by molar-refractivity contribution is 0.163. The molecular formula is C16H19NO4Si. The lowest BCUT2D eigenvalue weighted by Crippen LogP contribution is -2.34. The molecule has 0 amide bonds. The van der Waals surface area contributed by atoms with E-state index in [0.717, 1.165) is 22.6 Å². The minimum atomic E-state index is -2.19. The number of hydrogen-bond donors (Lipinski definition) is 0. The number of pyridine rings is 1. The quantitative estimate of drug-likeness (QED) is 0.766. The SMILES string of the molecule is C[Si](C)(OCc1cccnc1)OCc1ccc2c(c1)OCO2. The average molecular weight is 317 g/mol. The fourth-order valence-corrected chi connectivity index (χ4v) is 3.18. The lowest BCUT2D eigenvalue weighted by atomic mass is 10.2. The van der Waals surface area contributed by atoms with Gasteiger partial charge in [0.15, 0.2) is 11.5 Å². The molecule has 0 bridgehead atoms. The van der Waals surface area contributed by atoms with E-state index in [1.807, 2.05) is 49.6 Å². The minimum Gasteiger partial charge on any atom is -0.454 e. The van der Waals surface area contributed by atoms with E-state index in [9.17, 15) is 0 Å². The molecule has 2 aromatic rings. The maximum Gasteiger partial charge on any atom is 0.332 e. The second-order valence-corrected chi connectivity index (χ2v) is 8.90. The Morgan fingerprint density at radius 2 is 1.82 bits per heavy atom. The van der Waals surface area contributed by atoms with E-state index in [1.54, 1.807) is 6.20 Å². The van der Waals surface area contributed by atoms with E-state index in [2.05, 4.69) is 4.98 Å². The van der Waals surface area contributed by atoms with Crippen LogP contribution in [0.2, 0.25) is 13.1 Å². The highest BCUT2D eigenvalue weighted by atomic mass is 28.4. The van der Waals surface area contributed by atoms with Crippen molar-refractivity contribution in [1.29, 1.82) is 0 Å². The van der Waals surface area contributed by atoms with Gasteiger partial charge < -0.3 is 18.3 Å². The number of rotatable bonds is 6. The van der Waals surface area contributed by atoms with Gasteiger partial charge in [0.2, 0.25) is 6.79 Å². The highest BCUT2D eigenvalue weighted by Gasteiger charge is 2.25. The van der Waals surface area contributed by atoms with E-state index >= 15 is 0 Å². The van der Waals surface area contributed by atoms with Gasteiger partial charge in [-0.2, -0.15) is 0 Å². The van der Waals surface area contributed by atoms with Gasteiger partial charge in [-0.15, -0.1) is 0 Å². The second-order valence-electron chi connectivity index (χ2n) is 5.53. The first-order chi connectivity index (χ1) is 10.6.